The molecule has 1 unspecified atom stereocenters. The highest BCUT2D eigenvalue weighted by molar-refractivity contribution is 5.91. The molecular weight excluding hydrogens is 405 g/mol. The van der Waals surface area contributed by atoms with E-state index in [1.807, 2.05) is 42.9 Å². The second-order valence-electron chi connectivity index (χ2n) is 7.57. The van der Waals surface area contributed by atoms with Crippen LogP contribution in [-0.4, -0.2) is 65.7 Å². The van der Waals surface area contributed by atoms with Crippen LogP contribution in [0.25, 0.3) is 10.9 Å². The maximum absolute atomic E-state index is 15.5. The van der Waals surface area contributed by atoms with Crippen molar-refractivity contribution < 1.29 is 23.5 Å². The van der Waals surface area contributed by atoms with E-state index in [9.17, 15) is 4.79 Å². The van der Waals surface area contributed by atoms with Gasteiger partial charge in [-0.2, -0.15) is 5.10 Å². The maximum Gasteiger partial charge on any atom is 0.409 e. The van der Waals surface area contributed by atoms with Gasteiger partial charge in [0.05, 0.1) is 38.1 Å². The Balaban J connectivity index is 0.00000112. The van der Waals surface area contributed by atoms with E-state index in [4.69, 9.17) is 14.3 Å². The summed E-state index contributed by atoms with van der Waals surface area (Å²) >= 11 is 0. The number of benzene rings is 1. The fourth-order valence-electron chi connectivity index (χ4n) is 3.90. The van der Waals surface area contributed by atoms with Gasteiger partial charge >= 0.3 is 6.09 Å². The zero-order valence-electron chi connectivity index (χ0n) is 18.0. The second kappa shape index (κ2) is 8.80. The number of hydrogen-bond donors (Lipinski definition) is 1. The minimum Gasteiger partial charge on any atom is -0.453 e. The van der Waals surface area contributed by atoms with Gasteiger partial charge in [0.1, 0.15) is 0 Å². The third-order valence-electron chi connectivity index (χ3n) is 5.80. The van der Waals surface area contributed by atoms with E-state index in [2.05, 4.69) is 15.6 Å². The molecule has 2 aromatic rings. The van der Waals surface area contributed by atoms with E-state index in [1.54, 1.807) is 0 Å². The SMILES string of the molecule is CC.COC(=O)N1CCC(F)(C2=NC(c3ccc4cnn(C5COC5)c4c3)ON2)CC1. The van der Waals surface area contributed by atoms with Gasteiger partial charge in [0, 0.05) is 36.9 Å². The number of hydroxylamine groups is 1. The Morgan fingerprint density at radius 2 is 2.03 bits per heavy atom. The minimum absolute atomic E-state index is 0.136. The van der Waals surface area contributed by atoms with Crippen molar-refractivity contribution in [2.24, 2.45) is 4.99 Å². The van der Waals surface area contributed by atoms with E-state index in [-0.39, 0.29) is 37.8 Å². The fraction of sp³-hybridized carbons (Fsp3) is 0.571. The highest BCUT2D eigenvalue weighted by Crippen LogP contribution is 2.34. The van der Waals surface area contributed by atoms with E-state index in [0.717, 1.165) is 16.5 Å². The number of nitrogens with one attached hydrogen (secondary N) is 1. The summed E-state index contributed by atoms with van der Waals surface area (Å²) in [6, 6.07) is 6.09. The van der Waals surface area contributed by atoms with Crippen molar-refractivity contribution in [1.82, 2.24) is 20.2 Å². The van der Waals surface area contributed by atoms with Crippen molar-refractivity contribution >= 4 is 22.8 Å². The van der Waals surface area contributed by atoms with E-state index < -0.39 is 18.0 Å². The molecule has 0 saturated carbocycles. The number of halogens is 1. The highest BCUT2D eigenvalue weighted by Gasteiger charge is 2.44. The van der Waals surface area contributed by atoms with Crippen LogP contribution in [0, 0.1) is 0 Å². The van der Waals surface area contributed by atoms with Gasteiger partial charge in [0.2, 0.25) is 6.23 Å². The third-order valence-corrected chi connectivity index (χ3v) is 5.80. The molecule has 1 amide bonds. The number of ether oxygens (including phenoxy) is 2. The number of likely N-dealkylation sites (tertiary alicyclic amines) is 1. The molecule has 0 radical (unpaired) electrons. The lowest BCUT2D eigenvalue weighted by Crippen LogP contribution is -2.51. The number of amidine groups is 1. The fourth-order valence-corrected chi connectivity index (χ4v) is 3.90. The Morgan fingerprint density at radius 3 is 2.68 bits per heavy atom. The Morgan fingerprint density at radius 1 is 1.29 bits per heavy atom. The molecule has 3 aliphatic heterocycles. The monoisotopic (exact) mass is 433 g/mol. The largest absolute Gasteiger partial charge is 0.453 e. The molecule has 31 heavy (non-hydrogen) atoms. The molecule has 1 atom stereocenters. The van der Waals surface area contributed by atoms with Crippen molar-refractivity contribution in [3.05, 3.63) is 30.0 Å². The Bertz CT molecular complexity index is 966. The lowest BCUT2D eigenvalue weighted by molar-refractivity contribution is -0.0266. The first-order chi connectivity index (χ1) is 15.1. The van der Waals surface area contributed by atoms with Crippen LogP contribution in [0.4, 0.5) is 9.18 Å². The molecule has 3 aliphatic rings. The smallest absolute Gasteiger partial charge is 0.409 e. The first-order valence-electron chi connectivity index (χ1n) is 10.6. The molecule has 1 aromatic heterocycles. The van der Waals surface area contributed by atoms with Crippen molar-refractivity contribution in [2.75, 3.05) is 33.4 Å². The van der Waals surface area contributed by atoms with Crippen LogP contribution in [0.5, 0.6) is 0 Å². The molecule has 2 fully saturated rings. The Kier molecular flexibility index (Phi) is 6.10. The summed E-state index contributed by atoms with van der Waals surface area (Å²) < 4.78 is 27.4. The van der Waals surface area contributed by atoms with Crippen molar-refractivity contribution in [1.29, 1.82) is 0 Å². The predicted octanol–water partition coefficient (Wildman–Crippen LogP) is 3.14. The summed E-state index contributed by atoms with van der Waals surface area (Å²) in [5.41, 5.74) is 2.81. The van der Waals surface area contributed by atoms with Crippen LogP contribution in [-0.2, 0) is 14.3 Å². The summed E-state index contributed by atoms with van der Waals surface area (Å²) in [7, 11) is 1.32. The van der Waals surface area contributed by atoms with Gasteiger partial charge < -0.3 is 14.4 Å². The third kappa shape index (κ3) is 3.97. The van der Waals surface area contributed by atoms with Gasteiger partial charge in [-0.05, 0) is 6.07 Å². The number of methoxy groups -OCH3 is 1. The van der Waals surface area contributed by atoms with Crippen molar-refractivity contribution in [3.63, 3.8) is 0 Å². The maximum atomic E-state index is 15.5. The lowest BCUT2D eigenvalue weighted by atomic mass is 9.92. The number of piperidine rings is 1. The first-order valence-corrected chi connectivity index (χ1v) is 10.6. The quantitative estimate of drug-likeness (QED) is 0.800. The van der Waals surface area contributed by atoms with Crippen LogP contribution in [0.1, 0.15) is 44.5 Å². The summed E-state index contributed by atoms with van der Waals surface area (Å²) in [4.78, 5) is 23.2. The number of amides is 1. The van der Waals surface area contributed by atoms with Crippen molar-refractivity contribution in [3.8, 4) is 0 Å². The van der Waals surface area contributed by atoms with Gasteiger partial charge in [0.15, 0.2) is 11.5 Å². The van der Waals surface area contributed by atoms with Crippen molar-refractivity contribution in [2.45, 2.75) is 44.6 Å². The molecule has 1 aromatic carbocycles. The number of hydrogen-bond acceptors (Lipinski definition) is 7. The normalized spacial score (nSPS) is 22.8. The molecule has 1 N–H and O–H groups in total. The molecule has 168 valence electrons. The average molecular weight is 433 g/mol. The molecule has 4 heterocycles. The van der Waals surface area contributed by atoms with Gasteiger partial charge in [-0.3, -0.25) is 4.68 Å². The number of fused-ring (bicyclic) bond motifs is 1. The van der Waals surface area contributed by atoms with E-state index in [1.165, 1.54) is 12.0 Å². The molecular formula is C21H28FN5O4. The van der Waals surface area contributed by atoms with Crippen LogP contribution in [0.15, 0.2) is 29.4 Å². The van der Waals surface area contributed by atoms with E-state index in [0.29, 0.717) is 13.2 Å². The number of alkyl halides is 1. The van der Waals surface area contributed by atoms with Crippen LogP contribution < -0.4 is 5.48 Å². The average Bonchev–Trinajstić information content (AvgIpc) is 3.42. The molecule has 9 nitrogen and oxygen atoms in total. The predicted molar refractivity (Wildman–Crippen MR) is 112 cm³/mol. The summed E-state index contributed by atoms with van der Waals surface area (Å²) in [6.07, 6.45) is 1.02. The minimum atomic E-state index is -1.66. The van der Waals surface area contributed by atoms with E-state index >= 15 is 4.39 Å². The Hall–Kier alpha value is -2.72. The van der Waals surface area contributed by atoms with Gasteiger partial charge in [-0.15, -0.1) is 0 Å². The zero-order chi connectivity index (χ0) is 22.0. The number of carbonyl (C=O) groups excluding carboxylic acids is 1. The lowest BCUT2D eigenvalue weighted by Gasteiger charge is -2.34. The number of nitrogens with zero attached hydrogens (tertiary/aromatic N) is 4. The van der Waals surface area contributed by atoms with Gasteiger partial charge in [-0.25, -0.2) is 24.5 Å². The number of rotatable bonds is 3. The highest BCUT2D eigenvalue weighted by atomic mass is 19.1. The number of carbonyl (C=O) groups is 1. The molecule has 10 heteroatoms. The second-order valence-corrected chi connectivity index (χ2v) is 7.57. The summed E-state index contributed by atoms with van der Waals surface area (Å²) in [6.45, 7) is 5.84. The summed E-state index contributed by atoms with van der Waals surface area (Å²) in [5, 5.41) is 5.48. The molecule has 0 aliphatic carbocycles. The first kappa shape index (κ1) is 21.5. The van der Waals surface area contributed by atoms with Crippen LogP contribution in [0.3, 0.4) is 0 Å². The summed E-state index contributed by atoms with van der Waals surface area (Å²) in [5.74, 6) is 0.174. The molecule has 0 spiro atoms. The number of aliphatic imine (C=N–C) groups is 1. The molecule has 5 rings (SSSR count). The number of aromatic nitrogens is 2. The van der Waals surface area contributed by atoms with Gasteiger partial charge in [0.25, 0.3) is 0 Å². The topological polar surface area (TPSA) is 90.2 Å². The molecule has 2 saturated heterocycles. The standard InChI is InChI=1S/C19H22FN5O4.C2H6/c1-27-18(26)24-6-4-19(20,5-7-24)17-22-16(29-23-17)12-2-3-13-9-21-25(15(13)8-12)14-10-28-11-14;1-2/h2-3,8-9,14,16H,4-7,10-11H2,1H3,(H,22,23);1-2H3. The zero-order valence-corrected chi connectivity index (χ0v) is 18.0. The molecule has 0 bridgehead atoms. The van der Waals surface area contributed by atoms with Crippen LogP contribution >= 0.6 is 0 Å². The van der Waals surface area contributed by atoms with Crippen LogP contribution in [0.2, 0.25) is 0 Å². The Labute approximate surface area is 180 Å². The van der Waals surface area contributed by atoms with Gasteiger partial charge in [-0.1, -0.05) is 26.0 Å².